The Morgan fingerprint density at radius 2 is 0.857 bits per heavy atom. The largest absolute Gasteiger partial charge is 0.337 e. The number of hydrogen-bond donors (Lipinski definition) is 0. The van der Waals surface area contributed by atoms with E-state index in [0.717, 1.165) is 57.4 Å². The number of nitrogens with zero attached hydrogens (tertiary/aromatic N) is 4. The van der Waals surface area contributed by atoms with Gasteiger partial charge in [-0.3, -0.25) is 9.97 Å². The van der Waals surface area contributed by atoms with Gasteiger partial charge in [-0.15, -0.1) is 0 Å². The molecule has 8 rings (SSSR count). The number of hydrogen-bond acceptors (Lipinski definition) is 2. The molecule has 0 N–H and O–H groups in total. The van der Waals surface area contributed by atoms with Crippen molar-refractivity contribution in [3.05, 3.63) is 132 Å². The van der Waals surface area contributed by atoms with Gasteiger partial charge in [-0.25, -0.2) is 0 Å². The van der Waals surface area contributed by atoms with Crippen molar-refractivity contribution in [2.45, 2.75) is 13.1 Å². The van der Waals surface area contributed by atoms with Gasteiger partial charge in [-0.2, -0.15) is 0 Å². The van der Waals surface area contributed by atoms with Crippen LogP contribution < -0.4 is 0 Å². The molecule has 0 radical (unpaired) electrons. The Morgan fingerprint density at radius 3 is 1.31 bits per heavy atom. The van der Waals surface area contributed by atoms with E-state index in [4.69, 9.17) is 33.2 Å². The van der Waals surface area contributed by atoms with Crippen LogP contribution in [-0.2, 0) is 13.1 Å². The number of para-hydroxylation sites is 2. The zero-order valence-electron chi connectivity index (χ0n) is 22.5. The van der Waals surface area contributed by atoms with Crippen molar-refractivity contribution in [3.8, 4) is 22.5 Å². The molecule has 0 aliphatic rings. The average Bonchev–Trinajstić information content (AvgIpc) is 3.53. The van der Waals surface area contributed by atoms with Crippen LogP contribution in [-0.4, -0.2) is 19.1 Å². The number of rotatable bonds is 5. The van der Waals surface area contributed by atoms with Crippen molar-refractivity contribution in [2.24, 2.45) is 0 Å². The molecule has 0 unspecified atom stereocenters. The lowest BCUT2D eigenvalue weighted by Crippen LogP contribution is -2.08. The standard InChI is InChI=1S/C36H24Cl2N4/c37-29-13-5-1-11-27(29)33-35-25(17-19-39-33)23-9-3-7-15-31(23)41(35)21-22-42-32-16-8-4-10-24(32)26-18-20-40-34(36(26)42)28-12-2-6-14-30(28)38/h1-20H,21-22H2. The van der Waals surface area contributed by atoms with Crippen LogP contribution in [0.15, 0.2) is 122 Å². The third kappa shape index (κ3) is 3.83. The predicted octanol–water partition coefficient (Wildman–Crippen LogP) is 10.0. The molecule has 0 amide bonds. The zero-order chi connectivity index (χ0) is 28.2. The number of halogens is 2. The molecular formula is C36H24Cl2N4. The van der Waals surface area contributed by atoms with Crippen LogP contribution >= 0.6 is 23.2 Å². The summed E-state index contributed by atoms with van der Waals surface area (Å²) in [5, 5.41) is 6.10. The van der Waals surface area contributed by atoms with E-state index in [9.17, 15) is 0 Å². The summed E-state index contributed by atoms with van der Waals surface area (Å²) in [5.41, 5.74) is 8.11. The number of aromatic nitrogens is 4. The van der Waals surface area contributed by atoms with Crippen molar-refractivity contribution in [3.63, 3.8) is 0 Å². The quantitative estimate of drug-likeness (QED) is 0.202. The molecule has 202 valence electrons. The van der Waals surface area contributed by atoms with Crippen LogP contribution in [0.25, 0.3) is 66.1 Å². The summed E-state index contributed by atoms with van der Waals surface area (Å²) < 4.78 is 4.78. The molecule has 4 aromatic carbocycles. The lowest BCUT2D eigenvalue weighted by atomic mass is 10.1. The van der Waals surface area contributed by atoms with E-state index in [2.05, 4.69) is 69.8 Å². The third-order valence-electron chi connectivity index (χ3n) is 8.16. The van der Waals surface area contributed by atoms with Crippen LogP contribution in [0.2, 0.25) is 10.0 Å². The Balaban J connectivity index is 1.37. The molecule has 6 heteroatoms. The highest BCUT2D eigenvalue weighted by Crippen LogP contribution is 2.39. The van der Waals surface area contributed by atoms with Gasteiger partial charge < -0.3 is 9.13 Å². The van der Waals surface area contributed by atoms with E-state index in [-0.39, 0.29) is 0 Å². The molecule has 4 nitrogen and oxygen atoms in total. The maximum atomic E-state index is 6.72. The lowest BCUT2D eigenvalue weighted by Gasteiger charge is -2.15. The molecule has 0 aliphatic carbocycles. The second-order valence-corrected chi connectivity index (χ2v) is 11.2. The normalized spacial score (nSPS) is 11.8. The van der Waals surface area contributed by atoms with E-state index < -0.39 is 0 Å². The minimum atomic E-state index is 0.687. The summed E-state index contributed by atoms with van der Waals surface area (Å²) in [6, 6.07) is 37.2. The second kappa shape index (κ2) is 10.0. The minimum absolute atomic E-state index is 0.687. The summed E-state index contributed by atoms with van der Waals surface area (Å²) in [5.74, 6) is 0. The van der Waals surface area contributed by atoms with E-state index >= 15 is 0 Å². The SMILES string of the molecule is Clc1ccccc1-c1nccc2c3ccccc3n(CCn3c4ccccc4c4ccnc(-c5ccccc5Cl)c43)c12. The van der Waals surface area contributed by atoms with Crippen molar-refractivity contribution in [1.29, 1.82) is 0 Å². The van der Waals surface area contributed by atoms with Gasteiger partial charge in [-0.1, -0.05) is 96.0 Å². The van der Waals surface area contributed by atoms with Gasteiger partial charge in [0.05, 0.1) is 32.5 Å². The lowest BCUT2D eigenvalue weighted by molar-refractivity contribution is 0.631. The van der Waals surface area contributed by atoms with E-state index in [1.807, 2.05) is 60.9 Å². The number of aryl methyl sites for hydroxylation is 2. The Kier molecular flexibility index (Phi) is 5.99. The fraction of sp³-hybridized carbons (Fsp3) is 0.0556. The molecule has 4 heterocycles. The van der Waals surface area contributed by atoms with E-state index in [1.54, 1.807) is 0 Å². The predicted molar refractivity (Wildman–Crippen MR) is 175 cm³/mol. The van der Waals surface area contributed by atoms with Crippen LogP contribution in [0.3, 0.4) is 0 Å². The third-order valence-corrected chi connectivity index (χ3v) is 8.82. The van der Waals surface area contributed by atoms with Gasteiger partial charge in [0.15, 0.2) is 0 Å². The molecule has 0 saturated heterocycles. The second-order valence-electron chi connectivity index (χ2n) is 10.4. The molecule has 8 aromatic rings. The molecule has 0 aliphatic heterocycles. The van der Waals surface area contributed by atoms with Gasteiger partial charge in [-0.05, 0) is 36.4 Å². The zero-order valence-corrected chi connectivity index (χ0v) is 24.0. The summed E-state index contributed by atoms with van der Waals surface area (Å²) >= 11 is 13.4. The van der Waals surface area contributed by atoms with Gasteiger partial charge in [0, 0.05) is 69.2 Å². The average molecular weight is 584 g/mol. The van der Waals surface area contributed by atoms with Gasteiger partial charge in [0.1, 0.15) is 0 Å². The molecule has 0 saturated carbocycles. The molecule has 0 fully saturated rings. The van der Waals surface area contributed by atoms with Crippen LogP contribution in [0.1, 0.15) is 0 Å². The molecule has 4 aromatic heterocycles. The highest BCUT2D eigenvalue weighted by atomic mass is 35.5. The van der Waals surface area contributed by atoms with Crippen LogP contribution in [0.5, 0.6) is 0 Å². The van der Waals surface area contributed by atoms with Crippen molar-refractivity contribution < 1.29 is 0 Å². The summed E-state index contributed by atoms with van der Waals surface area (Å²) in [6.07, 6.45) is 3.76. The first-order chi connectivity index (χ1) is 20.7. The first-order valence-corrected chi connectivity index (χ1v) is 14.7. The Bertz CT molecular complexity index is 2130. The summed E-state index contributed by atoms with van der Waals surface area (Å²) in [6.45, 7) is 1.44. The van der Waals surface area contributed by atoms with E-state index in [1.165, 1.54) is 21.8 Å². The van der Waals surface area contributed by atoms with Gasteiger partial charge in [0.25, 0.3) is 0 Å². The molecule has 0 atom stereocenters. The van der Waals surface area contributed by atoms with Gasteiger partial charge >= 0.3 is 0 Å². The fourth-order valence-electron chi connectivity index (χ4n) is 6.37. The van der Waals surface area contributed by atoms with E-state index in [0.29, 0.717) is 10.0 Å². The first-order valence-electron chi connectivity index (χ1n) is 13.9. The number of benzene rings is 4. The Labute approximate surface area is 252 Å². The van der Waals surface area contributed by atoms with Gasteiger partial charge in [0.2, 0.25) is 0 Å². The Morgan fingerprint density at radius 1 is 0.452 bits per heavy atom. The summed E-state index contributed by atoms with van der Waals surface area (Å²) in [4.78, 5) is 9.73. The molecule has 0 bridgehead atoms. The molecular weight excluding hydrogens is 559 g/mol. The fourth-order valence-corrected chi connectivity index (χ4v) is 6.82. The number of pyridine rings is 2. The van der Waals surface area contributed by atoms with Crippen LogP contribution in [0, 0.1) is 0 Å². The monoisotopic (exact) mass is 582 g/mol. The molecule has 0 spiro atoms. The topological polar surface area (TPSA) is 35.6 Å². The first kappa shape index (κ1) is 25.1. The highest BCUT2D eigenvalue weighted by molar-refractivity contribution is 6.34. The van der Waals surface area contributed by atoms with Crippen molar-refractivity contribution in [1.82, 2.24) is 19.1 Å². The maximum Gasteiger partial charge on any atom is 0.0960 e. The Hall–Kier alpha value is -4.64. The smallest absolute Gasteiger partial charge is 0.0960 e. The molecule has 42 heavy (non-hydrogen) atoms. The van der Waals surface area contributed by atoms with Crippen LogP contribution in [0.4, 0.5) is 0 Å². The summed E-state index contributed by atoms with van der Waals surface area (Å²) in [7, 11) is 0. The number of fused-ring (bicyclic) bond motifs is 6. The minimum Gasteiger partial charge on any atom is -0.337 e. The maximum absolute atomic E-state index is 6.72. The highest BCUT2D eigenvalue weighted by Gasteiger charge is 2.20. The van der Waals surface area contributed by atoms with Crippen molar-refractivity contribution in [2.75, 3.05) is 0 Å². The van der Waals surface area contributed by atoms with Crippen molar-refractivity contribution >= 4 is 66.8 Å².